The zero-order chi connectivity index (χ0) is 15.2. The molecule has 0 aliphatic heterocycles. The fourth-order valence-corrected chi connectivity index (χ4v) is 2.11. The van der Waals surface area contributed by atoms with E-state index in [0.29, 0.717) is 13.0 Å². The van der Waals surface area contributed by atoms with Gasteiger partial charge >= 0.3 is 0 Å². The minimum absolute atomic E-state index is 0.245. The number of benzene rings is 1. The third-order valence-corrected chi connectivity index (χ3v) is 3.21. The molecule has 1 aromatic carbocycles. The molecule has 0 aliphatic rings. The van der Waals surface area contributed by atoms with Gasteiger partial charge in [0.25, 0.3) is 0 Å². The van der Waals surface area contributed by atoms with Gasteiger partial charge in [-0.1, -0.05) is 17.9 Å². The van der Waals surface area contributed by atoms with E-state index in [2.05, 4.69) is 21.9 Å². The summed E-state index contributed by atoms with van der Waals surface area (Å²) in [6, 6.07) is 14.0. The van der Waals surface area contributed by atoms with Crippen LogP contribution in [-0.4, -0.2) is 14.8 Å². The van der Waals surface area contributed by atoms with Gasteiger partial charge in [-0.3, -0.25) is 9.67 Å². The molecule has 3 nitrogen and oxygen atoms in total. The number of hydrogen-bond acceptors (Lipinski definition) is 2. The largest absolute Gasteiger partial charge is 0.260 e. The molecule has 2 aromatic heterocycles. The molecule has 0 spiro atoms. The van der Waals surface area contributed by atoms with Crippen LogP contribution in [0.3, 0.4) is 0 Å². The highest BCUT2D eigenvalue weighted by atomic mass is 19.1. The van der Waals surface area contributed by atoms with E-state index in [1.165, 1.54) is 12.1 Å². The van der Waals surface area contributed by atoms with Crippen LogP contribution in [-0.2, 0) is 13.0 Å². The van der Waals surface area contributed by atoms with Gasteiger partial charge in [0.1, 0.15) is 12.4 Å². The first-order valence-electron chi connectivity index (χ1n) is 6.96. The van der Waals surface area contributed by atoms with Gasteiger partial charge in [-0.25, -0.2) is 4.39 Å². The van der Waals surface area contributed by atoms with Crippen LogP contribution in [0.5, 0.6) is 0 Å². The van der Waals surface area contributed by atoms with E-state index in [1.807, 2.05) is 24.3 Å². The van der Waals surface area contributed by atoms with Gasteiger partial charge in [-0.05, 0) is 42.5 Å². The standard InChI is InChI=1S/C18H14FN3/c19-16-9-7-15(8-10-16)18-11-13-21-22(18)14-4-2-6-17-5-1-3-12-20-17/h1,3,5,7-13H,6,14H2. The molecule has 108 valence electrons. The van der Waals surface area contributed by atoms with Crippen LogP contribution in [0.1, 0.15) is 5.69 Å². The highest BCUT2D eigenvalue weighted by molar-refractivity contribution is 5.59. The Morgan fingerprint density at radius 1 is 0.955 bits per heavy atom. The van der Waals surface area contributed by atoms with E-state index in [-0.39, 0.29) is 5.82 Å². The van der Waals surface area contributed by atoms with Crippen molar-refractivity contribution in [3.8, 4) is 23.1 Å². The molecule has 0 N–H and O–H groups in total. The highest BCUT2D eigenvalue weighted by Gasteiger charge is 2.04. The smallest absolute Gasteiger partial charge is 0.123 e. The molecular formula is C18H14FN3. The quantitative estimate of drug-likeness (QED) is 0.693. The minimum atomic E-state index is -0.245. The van der Waals surface area contributed by atoms with Crippen LogP contribution in [0.15, 0.2) is 60.9 Å². The Morgan fingerprint density at radius 3 is 2.59 bits per heavy atom. The number of hydrogen-bond donors (Lipinski definition) is 0. The van der Waals surface area contributed by atoms with Gasteiger partial charge in [0.15, 0.2) is 0 Å². The Hall–Kier alpha value is -2.93. The normalized spacial score (nSPS) is 10.0. The Bertz CT molecular complexity index is 796. The second-order valence-corrected chi connectivity index (χ2v) is 4.73. The second-order valence-electron chi connectivity index (χ2n) is 4.73. The lowest BCUT2D eigenvalue weighted by Gasteiger charge is -2.03. The van der Waals surface area contributed by atoms with Crippen molar-refractivity contribution < 1.29 is 4.39 Å². The van der Waals surface area contributed by atoms with Crippen LogP contribution >= 0.6 is 0 Å². The number of aromatic nitrogens is 3. The van der Waals surface area contributed by atoms with Crippen LogP contribution in [0.25, 0.3) is 11.3 Å². The number of nitrogens with zero attached hydrogens (tertiary/aromatic N) is 3. The van der Waals surface area contributed by atoms with Crippen molar-refractivity contribution >= 4 is 0 Å². The average molecular weight is 291 g/mol. The maximum absolute atomic E-state index is 13.0. The van der Waals surface area contributed by atoms with E-state index in [9.17, 15) is 4.39 Å². The summed E-state index contributed by atoms with van der Waals surface area (Å²) in [5.41, 5.74) is 2.80. The maximum atomic E-state index is 13.0. The first kappa shape index (κ1) is 14.0. The third kappa shape index (κ3) is 3.39. The topological polar surface area (TPSA) is 30.7 Å². The van der Waals surface area contributed by atoms with Crippen molar-refractivity contribution in [3.05, 3.63) is 72.4 Å². The molecule has 0 fully saturated rings. The summed E-state index contributed by atoms with van der Waals surface area (Å²) < 4.78 is 14.8. The summed E-state index contributed by atoms with van der Waals surface area (Å²) in [5, 5.41) is 4.26. The van der Waals surface area contributed by atoms with Crippen LogP contribution in [0, 0.1) is 17.7 Å². The molecule has 0 atom stereocenters. The number of rotatable bonds is 3. The molecular weight excluding hydrogens is 277 g/mol. The van der Waals surface area contributed by atoms with E-state index in [4.69, 9.17) is 0 Å². The predicted octanol–water partition coefficient (Wildman–Crippen LogP) is 3.33. The molecule has 2 heterocycles. The Labute approximate surface area is 128 Å². The van der Waals surface area contributed by atoms with Gasteiger partial charge in [-0.15, -0.1) is 0 Å². The molecule has 0 saturated carbocycles. The number of halogens is 1. The molecule has 3 rings (SSSR count). The molecule has 0 amide bonds. The fraction of sp³-hybridized carbons (Fsp3) is 0.111. The molecule has 4 heteroatoms. The molecule has 3 aromatic rings. The minimum Gasteiger partial charge on any atom is -0.260 e. The molecule has 22 heavy (non-hydrogen) atoms. The van der Waals surface area contributed by atoms with Gasteiger partial charge in [0.05, 0.1) is 17.8 Å². The Kier molecular flexibility index (Phi) is 4.26. The van der Waals surface area contributed by atoms with Gasteiger partial charge in [0.2, 0.25) is 0 Å². The monoisotopic (exact) mass is 291 g/mol. The van der Waals surface area contributed by atoms with E-state index in [1.54, 1.807) is 29.2 Å². The first-order valence-corrected chi connectivity index (χ1v) is 6.96. The van der Waals surface area contributed by atoms with Gasteiger partial charge < -0.3 is 0 Å². The zero-order valence-corrected chi connectivity index (χ0v) is 11.9. The lowest BCUT2D eigenvalue weighted by molar-refractivity contribution is 0.628. The molecule has 0 aliphatic carbocycles. The first-order chi connectivity index (χ1) is 10.8. The summed E-state index contributed by atoms with van der Waals surface area (Å²) >= 11 is 0. The summed E-state index contributed by atoms with van der Waals surface area (Å²) in [6.45, 7) is 0.493. The van der Waals surface area contributed by atoms with Crippen molar-refractivity contribution in [3.63, 3.8) is 0 Å². The van der Waals surface area contributed by atoms with Crippen LogP contribution < -0.4 is 0 Å². The fourth-order valence-electron chi connectivity index (χ4n) is 2.11. The third-order valence-electron chi connectivity index (χ3n) is 3.21. The highest BCUT2D eigenvalue weighted by Crippen LogP contribution is 2.18. The predicted molar refractivity (Wildman–Crippen MR) is 83.3 cm³/mol. The van der Waals surface area contributed by atoms with Crippen molar-refractivity contribution in [2.24, 2.45) is 0 Å². The summed E-state index contributed by atoms with van der Waals surface area (Å²) in [7, 11) is 0. The van der Waals surface area contributed by atoms with Gasteiger partial charge in [-0.2, -0.15) is 5.10 Å². The van der Waals surface area contributed by atoms with Crippen molar-refractivity contribution in [1.29, 1.82) is 0 Å². The van der Waals surface area contributed by atoms with E-state index in [0.717, 1.165) is 17.0 Å². The van der Waals surface area contributed by atoms with Crippen LogP contribution in [0.4, 0.5) is 4.39 Å². The van der Waals surface area contributed by atoms with Crippen molar-refractivity contribution in [2.75, 3.05) is 0 Å². The molecule has 0 saturated heterocycles. The lowest BCUT2D eigenvalue weighted by Crippen LogP contribution is -2.00. The van der Waals surface area contributed by atoms with E-state index >= 15 is 0 Å². The van der Waals surface area contributed by atoms with Crippen molar-refractivity contribution in [2.45, 2.75) is 13.0 Å². The van der Waals surface area contributed by atoms with E-state index < -0.39 is 0 Å². The number of pyridine rings is 1. The zero-order valence-electron chi connectivity index (χ0n) is 11.9. The molecule has 0 bridgehead atoms. The molecule has 0 unspecified atom stereocenters. The van der Waals surface area contributed by atoms with Gasteiger partial charge in [0, 0.05) is 18.0 Å². The van der Waals surface area contributed by atoms with Crippen molar-refractivity contribution in [1.82, 2.24) is 14.8 Å². The summed E-state index contributed by atoms with van der Waals surface area (Å²) in [6.07, 6.45) is 4.10. The SMILES string of the molecule is Fc1ccc(-c2ccnn2CC#CCc2ccccn2)cc1. The average Bonchev–Trinajstić information content (AvgIpc) is 3.02. The summed E-state index contributed by atoms with van der Waals surface area (Å²) in [5.74, 6) is 5.94. The second kappa shape index (κ2) is 6.68. The summed E-state index contributed by atoms with van der Waals surface area (Å²) in [4.78, 5) is 4.23. The lowest BCUT2D eigenvalue weighted by atomic mass is 10.1. The Balaban J connectivity index is 1.70. The molecule has 0 radical (unpaired) electrons. The maximum Gasteiger partial charge on any atom is 0.123 e. The van der Waals surface area contributed by atoms with Crippen LogP contribution in [0.2, 0.25) is 0 Å². The Morgan fingerprint density at radius 2 is 1.82 bits per heavy atom.